The van der Waals surface area contributed by atoms with Crippen LogP contribution in [-0.2, 0) is 14.3 Å². The second-order valence-electron chi connectivity index (χ2n) is 11.9. The number of carbonyl (C=O) groups excluding carboxylic acids is 1. The van der Waals surface area contributed by atoms with Gasteiger partial charge < -0.3 is 23.9 Å². The minimum atomic E-state index is -0.346. The molecule has 0 aliphatic rings. The molecule has 0 bridgehead atoms. The van der Waals surface area contributed by atoms with E-state index < -0.39 is 0 Å². The van der Waals surface area contributed by atoms with Crippen LogP contribution < -0.4 is 10.1 Å². The zero-order valence-electron chi connectivity index (χ0n) is 26.4. The van der Waals surface area contributed by atoms with Gasteiger partial charge in [0.05, 0.1) is 18.3 Å². The van der Waals surface area contributed by atoms with Gasteiger partial charge in [0.25, 0.3) is 5.22 Å². The minimum Gasteiger partial charge on any atom is -0.493 e. The van der Waals surface area contributed by atoms with Crippen molar-refractivity contribution >= 4 is 17.7 Å². The maximum absolute atomic E-state index is 12.3. The second kappa shape index (κ2) is 18.4. The number of thioether (sulfide) groups is 1. The molecule has 0 aliphatic carbocycles. The van der Waals surface area contributed by atoms with E-state index in [1.165, 1.54) is 19.3 Å². The van der Waals surface area contributed by atoms with Crippen molar-refractivity contribution in [2.24, 2.45) is 0 Å². The van der Waals surface area contributed by atoms with E-state index in [0.29, 0.717) is 37.4 Å². The van der Waals surface area contributed by atoms with Gasteiger partial charge in [-0.25, -0.2) is 0 Å². The van der Waals surface area contributed by atoms with Gasteiger partial charge in [-0.1, -0.05) is 44.9 Å². The number of hydrogen-bond acceptors (Lipinski definition) is 8. The molecular weight excluding hydrogens is 538 g/mol. The molecule has 41 heavy (non-hydrogen) atoms. The topological polar surface area (TPSA) is 95.7 Å². The van der Waals surface area contributed by atoms with Crippen LogP contribution in [0, 0.1) is 0 Å². The molecule has 1 atom stereocenters. The van der Waals surface area contributed by atoms with Crippen molar-refractivity contribution in [2.75, 3.05) is 25.6 Å². The average Bonchev–Trinajstić information content (AvgIpc) is 3.39. The molecule has 0 aliphatic heterocycles. The number of ether oxygens (including phenoxy) is 3. The summed E-state index contributed by atoms with van der Waals surface area (Å²) in [5, 5.41) is 12.1. The molecule has 0 fully saturated rings. The molecule has 0 saturated carbocycles. The van der Waals surface area contributed by atoms with Crippen molar-refractivity contribution in [1.82, 2.24) is 15.5 Å². The Morgan fingerprint density at radius 2 is 1.73 bits per heavy atom. The first-order valence-electron chi connectivity index (χ1n) is 15.3. The molecule has 1 N–H and O–H groups in total. The highest BCUT2D eigenvalue weighted by Gasteiger charge is 2.24. The quantitative estimate of drug-likeness (QED) is 0.109. The van der Waals surface area contributed by atoms with E-state index in [1.54, 1.807) is 11.8 Å². The SMILES string of the molecule is CCCCCCSc1nnc(-c2ccc(OCCC(C)(C)OCCC(C)(C)NC(=O)CCCOC(C)CC)cc2)o1. The molecule has 9 heteroatoms. The van der Waals surface area contributed by atoms with Gasteiger partial charge in [-0.05, 0) is 84.6 Å². The van der Waals surface area contributed by atoms with E-state index in [4.69, 9.17) is 18.6 Å². The lowest BCUT2D eigenvalue weighted by Crippen LogP contribution is -2.44. The predicted molar refractivity (Wildman–Crippen MR) is 167 cm³/mol. The number of carbonyl (C=O) groups is 1. The van der Waals surface area contributed by atoms with Crippen LogP contribution in [0.25, 0.3) is 11.5 Å². The van der Waals surface area contributed by atoms with E-state index in [2.05, 4.69) is 50.1 Å². The van der Waals surface area contributed by atoms with Gasteiger partial charge in [0, 0.05) is 42.9 Å². The molecule has 8 nitrogen and oxygen atoms in total. The van der Waals surface area contributed by atoms with E-state index in [9.17, 15) is 4.79 Å². The van der Waals surface area contributed by atoms with E-state index >= 15 is 0 Å². The van der Waals surface area contributed by atoms with Gasteiger partial charge in [-0.2, -0.15) is 0 Å². The lowest BCUT2D eigenvalue weighted by atomic mass is 10.00. The molecular formula is C32H53N3O5S. The first-order valence-corrected chi connectivity index (χ1v) is 16.3. The third kappa shape index (κ3) is 15.1. The zero-order valence-corrected chi connectivity index (χ0v) is 27.2. The van der Waals surface area contributed by atoms with Crippen LogP contribution in [0.5, 0.6) is 5.75 Å². The Morgan fingerprint density at radius 1 is 0.976 bits per heavy atom. The van der Waals surface area contributed by atoms with Crippen LogP contribution in [0.15, 0.2) is 33.9 Å². The van der Waals surface area contributed by atoms with Crippen LogP contribution in [0.2, 0.25) is 0 Å². The van der Waals surface area contributed by atoms with E-state index in [1.807, 2.05) is 38.1 Å². The molecule has 0 spiro atoms. The van der Waals surface area contributed by atoms with Gasteiger partial charge in [-0.15, -0.1) is 10.2 Å². The van der Waals surface area contributed by atoms with Crippen molar-refractivity contribution in [3.8, 4) is 17.2 Å². The number of aromatic nitrogens is 2. The van der Waals surface area contributed by atoms with E-state index in [0.717, 1.165) is 49.2 Å². The average molecular weight is 592 g/mol. The summed E-state index contributed by atoms with van der Waals surface area (Å²) in [5.74, 6) is 2.36. The predicted octanol–water partition coefficient (Wildman–Crippen LogP) is 7.85. The minimum absolute atomic E-state index is 0.0534. The Hall–Kier alpha value is -2.10. The third-order valence-corrected chi connectivity index (χ3v) is 7.83. The van der Waals surface area contributed by atoms with Crippen molar-refractivity contribution in [2.45, 2.75) is 129 Å². The fraction of sp³-hybridized carbons (Fsp3) is 0.719. The lowest BCUT2D eigenvalue weighted by molar-refractivity contribution is -0.123. The molecule has 1 heterocycles. The number of rotatable bonds is 22. The highest BCUT2D eigenvalue weighted by atomic mass is 32.2. The summed E-state index contributed by atoms with van der Waals surface area (Å²) in [4.78, 5) is 12.3. The fourth-order valence-electron chi connectivity index (χ4n) is 3.97. The summed E-state index contributed by atoms with van der Waals surface area (Å²) in [7, 11) is 0. The lowest BCUT2D eigenvalue weighted by Gasteiger charge is -2.30. The Balaban J connectivity index is 1.66. The number of nitrogens with one attached hydrogen (secondary N) is 1. The van der Waals surface area contributed by atoms with Crippen molar-refractivity contribution in [3.63, 3.8) is 0 Å². The highest BCUT2D eigenvalue weighted by Crippen LogP contribution is 2.26. The zero-order chi connectivity index (χ0) is 30.1. The maximum atomic E-state index is 12.3. The number of benzene rings is 1. The van der Waals surface area contributed by atoms with Crippen molar-refractivity contribution in [3.05, 3.63) is 24.3 Å². The maximum Gasteiger partial charge on any atom is 0.276 e. The summed E-state index contributed by atoms with van der Waals surface area (Å²) in [5.41, 5.74) is 0.192. The monoisotopic (exact) mass is 591 g/mol. The normalized spacial score (nSPS) is 12.9. The van der Waals surface area contributed by atoms with E-state index in [-0.39, 0.29) is 23.2 Å². The molecule has 2 aromatic rings. The molecule has 1 unspecified atom stereocenters. The molecule has 1 aromatic carbocycles. The smallest absolute Gasteiger partial charge is 0.276 e. The number of hydrogen-bond donors (Lipinski definition) is 1. The fourth-order valence-corrected chi connectivity index (χ4v) is 4.73. The largest absolute Gasteiger partial charge is 0.493 e. The Labute approximate surface area is 252 Å². The van der Waals surface area contributed by atoms with Crippen molar-refractivity contribution in [1.29, 1.82) is 0 Å². The number of unbranched alkanes of at least 4 members (excludes halogenated alkanes) is 3. The standard InChI is InChI=1S/C32H53N3O5S/c1-8-10-11-12-24-41-30-35-34-29(40-30)26-15-17-27(18-16-26)38-22-20-32(6,7)39-23-19-31(4,5)33-28(36)14-13-21-37-25(3)9-2/h15-18,25H,8-14,19-24H2,1-7H3,(H,33,36). The Kier molecular flexibility index (Phi) is 15.8. The summed E-state index contributed by atoms with van der Waals surface area (Å²) in [6.45, 7) is 16.3. The molecule has 232 valence electrons. The van der Waals surface area contributed by atoms with Crippen LogP contribution in [0.3, 0.4) is 0 Å². The Bertz CT molecular complexity index is 993. The van der Waals surface area contributed by atoms with Crippen LogP contribution in [0.4, 0.5) is 0 Å². The summed E-state index contributed by atoms with van der Waals surface area (Å²) < 4.78 is 23.6. The molecule has 1 aromatic heterocycles. The number of nitrogens with zero attached hydrogens (tertiary/aromatic N) is 2. The highest BCUT2D eigenvalue weighted by molar-refractivity contribution is 7.99. The summed E-state index contributed by atoms with van der Waals surface area (Å²) >= 11 is 1.62. The molecule has 1 amide bonds. The second-order valence-corrected chi connectivity index (χ2v) is 12.9. The van der Waals surface area contributed by atoms with Gasteiger partial charge >= 0.3 is 0 Å². The Morgan fingerprint density at radius 3 is 2.44 bits per heavy atom. The van der Waals surface area contributed by atoms with Crippen LogP contribution in [-0.4, -0.2) is 58.9 Å². The summed E-state index contributed by atoms with van der Waals surface area (Å²) in [6, 6.07) is 7.73. The van der Waals surface area contributed by atoms with Gasteiger partial charge in [0.1, 0.15) is 5.75 Å². The molecule has 0 radical (unpaired) electrons. The van der Waals surface area contributed by atoms with Gasteiger partial charge in [0.15, 0.2) is 0 Å². The van der Waals surface area contributed by atoms with Gasteiger partial charge in [0.2, 0.25) is 11.8 Å². The first kappa shape index (κ1) is 35.1. The van der Waals surface area contributed by atoms with Crippen LogP contribution in [0.1, 0.15) is 106 Å². The van der Waals surface area contributed by atoms with Gasteiger partial charge in [-0.3, -0.25) is 4.79 Å². The first-order chi connectivity index (χ1) is 19.5. The van der Waals surface area contributed by atoms with Crippen molar-refractivity contribution < 1.29 is 23.4 Å². The summed E-state index contributed by atoms with van der Waals surface area (Å²) in [6.07, 6.45) is 8.79. The third-order valence-electron chi connectivity index (χ3n) is 6.93. The number of amides is 1. The van der Waals surface area contributed by atoms with Crippen LogP contribution >= 0.6 is 11.8 Å². The molecule has 0 saturated heterocycles. The molecule has 2 rings (SSSR count).